The van der Waals surface area contributed by atoms with E-state index < -0.39 is 50.2 Å². The lowest BCUT2D eigenvalue weighted by molar-refractivity contribution is -0.286. The smallest absolute Gasteiger partial charge is 0.342 e. The van der Waals surface area contributed by atoms with Crippen LogP contribution >= 0.6 is 0 Å². The van der Waals surface area contributed by atoms with Crippen LogP contribution in [0.2, 0.25) is 0 Å². The molecule has 2 aliphatic heterocycles. The molecular formula is C21H33F3O3S. The minimum absolute atomic E-state index is 0.145. The first-order chi connectivity index (χ1) is 13.2. The summed E-state index contributed by atoms with van der Waals surface area (Å²) in [4.78, 5) is -1.62. The SMILES string of the molecule is CCS(=O)(=O)C12OC(C(F)(F)F)([C@H]3CCCCCC[C@@H]31)[C@H]1CCCCCC[C@@H]12. The van der Waals surface area contributed by atoms with Crippen molar-refractivity contribution in [3.05, 3.63) is 0 Å². The van der Waals surface area contributed by atoms with Gasteiger partial charge in [-0.2, -0.15) is 13.2 Å². The van der Waals surface area contributed by atoms with Gasteiger partial charge in [-0.25, -0.2) is 8.42 Å². The molecule has 28 heavy (non-hydrogen) atoms. The van der Waals surface area contributed by atoms with Crippen LogP contribution in [0.4, 0.5) is 13.2 Å². The molecular weight excluding hydrogens is 389 g/mol. The van der Waals surface area contributed by atoms with Gasteiger partial charge in [0.1, 0.15) is 0 Å². The van der Waals surface area contributed by atoms with E-state index in [2.05, 4.69) is 0 Å². The first-order valence-corrected chi connectivity index (χ1v) is 12.9. The third kappa shape index (κ3) is 2.67. The number of halogens is 3. The number of alkyl halides is 3. The fraction of sp³-hybridized carbons (Fsp3) is 1.00. The number of sulfone groups is 1. The molecule has 162 valence electrons. The summed E-state index contributed by atoms with van der Waals surface area (Å²) < 4.78 is 77.4. The second kappa shape index (κ2) is 7.14. The van der Waals surface area contributed by atoms with Crippen LogP contribution in [0.5, 0.6) is 0 Å². The van der Waals surface area contributed by atoms with E-state index >= 15 is 0 Å². The average Bonchev–Trinajstić information content (AvgIpc) is 3.01. The number of ether oxygens (including phenoxy) is 1. The van der Waals surface area contributed by atoms with Crippen molar-refractivity contribution in [1.29, 1.82) is 0 Å². The third-order valence-corrected chi connectivity index (χ3v) is 10.7. The summed E-state index contributed by atoms with van der Waals surface area (Å²) in [6, 6.07) is 0. The van der Waals surface area contributed by atoms with Crippen molar-refractivity contribution in [2.75, 3.05) is 5.75 Å². The first kappa shape index (κ1) is 21.0. The number of fused-ring (bicyclic) bond motifs is 8. The van der Waals surface area contributed by atoms with Gasteiger partial charge >= 0.3 is 6.18 Å². The van der Waals surface area contributed by atoms with E-state index in [4.69, 9.17) is 4.74 Å². The molecule has 0 aromatic heterocycles. The highest BCUT2D eigenvalue weighted by Crippen LogP contribution is 2.73. The molecule has 7 heteroatoms. The predicted molar refractivity (Wildman–Crippen MR) is 101 cm³/mol. The van der Waals surface area contributed by atoms with Gasteiger partial charge in [0.15, 0.2) is 20.4 Å². The highest BCUT2D eigenvalue weighted by Gasteiger charge is 2.85. The lowest BCUT2D eigenvalue weighted by atomic mass is 9.56. The van der Waals surface area contributed by atoms with E-state index in [1.54, 1.807) is 6.92 Å². The van der Waals surface area contributed by atoms with E-state index in [9.17, 15) is 21.6 Å². The second-order valence-corrected chi connectivity index (χ2v) is 11.9. The summed E-state index contributed by atoms with van der Waals surface area (Å²) >= 11 is 0. The van der Waals surface area contributed by atoms with Crippen molar-refractivity contribution in [2.45, 2.75) is 101 Å². The van der Waals surface area contributed by atoms with Gasteiger partial charge in [-0.05, 0) is 25.7 Å². The summed E-state index contributed by atoms with van der Waals surface area (Å²) in [5.74, 6) is -2.60. The Kier molecular flexibility index (Phi) is 5.34. The van der Waals surface area contributed by atoms with Crippen molar-refractivity contribution >= 4 is 9.84 Å². The van der Waals surface area contributed by atoms with Crippen LogP contribution in [0.1, 0.15) is 84.0 Å². The zero-order valence-electron chi connectivity index (χ0n) is 16.8. The van der Waals surface area contributed by atoms with E-state index in [0.29, 0.717) is 25.7 Å². The van der Waals surface area contributed by atoms with Gasteiger partial charge in [-0.15, -0.1) is 0 Å². The molecule has 0 aromatic carbocycles. The average molecular weight is 423 g/mol. The monoisotopic (exact) mass is 422 g/mol. The Hall–Kier alpha value is -0.300. The maximum Gasteiger partial charge on any atom is 0.418 e. The van der Waals surface area contributed by atoms with Gasteiger partial charge in [-0.3, -0.25) is 0 Å². The fourth-order valence-corrected chi connectivity index (χ4v) is 9.51. The molecule has 2 aliphatic carbocycles. The Morgan fingerprint density at radius 2 is 1.18 bits per heavy atom. The number of hydrogen-bond donors (Lipinski definition) is 0. The maximum atomic E-state index is 14.8. The van der Waals surface area contributed by atoms with Crippen LogP contribution in [-0.2, 0) is 14.6 Å². The molecule has 4 fully saturated rings. The quantitative estimate of drug-likeness (QED) is 0.579. The zero-order chi connectivity index (χ0) is 20.2. The summed E-state index contributed by atoms with van der Waals surface area (Å²) in [5, 5.41) is 0. The number of rotatable bonds is 2. The van der Waals surface area contributed by atoms with Gasteiger partial charge in [-0.1, -0.05) is 58.3 Å². The molecule has 0 amide bonds. The lowest BCUT2D eigenvalue weighted by Crippen LogP contribution is -2.60. The predicted octanol–water partition coefficient (Wildman–Crippen LogP) is 5.64. The molecule has 0 N–H and O–H groups in total. The van der Waals surface area contributed by atoms with Crippen LogP contribution in [0.3, 0.4) is 0 Å². The molecule has 0 aromatic rings. The first-order valence-electron chi connectivity index (χ1n) is 11.2. The molecule has 2 heterocycles. The van der Waals surface area contributed by atoms with Gasteiger partial charge < -0.3 is 4.74 Å². The summed E-state index contributed by atoms with van der Waals surface area (Å²) in [6.45, 7) is 1.56. The Morgan fingerprint density at radius 1 is 0.786 bits per heavy atom. The molecule has 4 rings (SSSR count). The van der Waals surface area contributed by atoms with Crippen LogP contribution in [0.25, 0.3) is 0 Å². The summed E-state index contributed by atoms with van der Waals surface area (Å²) in [6.07, 6.45) is 4.32. The molecule has 2 saturated carbocycles. The molecule has 4 atom stereocenters. The fourth-order valence-electron chi connectivity index (χ4n) is 7.30. The lowest BCUT2D eigenvalue weighted by Gasteiger charge is -2.49. The Labute approximate surface area is 166 Å². The molecule has 0 spiro atoms. The molecule has 4 aliphatic rings. The van der Waals surface area contributed by atoms with E-state index in [-0.39, 0.29) is 5.75 Å². The van der Waals surface area contributed by atoms with Crippen molar-refractivity contribution < 1.29 is 26.3 Å². The summed E-state index contributed by atoms with van der Waals surface area (Å²) in [5.41, 5.74) is -2.26. The Balaban J connectivity index is 1.93. The minimum Gasteiger partial charge on any atom is -0.342 e. The van der Waals surface area contributed by atoms with Gasteiger partial charge in [0, 0.05) is 23.7 Å². The van der Waals surface area contributed by atoms with Crippen LogP contribution < -0.4 is 0 Å². The topological polar surface area (TPSA) is 43.4 Å². The molecule has 2 bridgehead atoms. The second-order valence-electron chi connectivity index (χ2n) is 9.43. The van der Waals surface area contributed by atoms with Crippen LogP contribution in [0, 0.1) is 23.7 Å². The highest BCUT2D eigenvalue weighted by atomic mass is 32.2. The van der Waals surface area contributed by atoms with Crippen molar-refractivity contribution in [3.8, 4) is 0 Å². The van der Waals surface area contributed by atoms with Gasteiger partial charge in [0.05, 0.1) is 5.75 Å². The largest absolute Gasteiger partial charge is 0.418 e. The van der Waals surface area contributed by atoms with Crippen molar-refractivity contribution in [1.82, 2.24) is 0 Å². The normalized spacial score (nSPS) is 44.7. The molecule has 3 nitrogen and oxygen atoms in total. The zero-order valence-corrected chi connectivity index (χ0v) is 17.6. The van der Waals surface area contributed by atoms with E-state index in [1.165, 1.54) is 0 Å². The van der Waals surface area contributed by atoms with Crippen molar-refractivity contribution in [3.63, 3.8) is 0 Å². The van der Waals surface area contributed by atoms with Crippen LogP contribution in [0.15, 0.2) is 0 Å². The summed E-state index contributed by atoms with van der Waals surface area (Å²) in [7, 11) is -3.79. The maximum absolute atomic E-state index is 14.8. The standard InChI is InChI=1S/C21H33F3O3S/c1-2-28(25,26)20-17-13-9-5-3-7-11-15(17)19(27-20,21(22,23)24)16-12-8-4-6-10-14-18(16)20/h15-18H,2-14H2,1H3/t15-,16-,17-,18-,19?,20?/m0/s1. The Bertz CT molecular complexity index is 659. The van der Waals surface area contributed by atoms with Gasteiger partial charge in [0.25, 0.3) is 0 Å². The third-order valence-electron chi connectivity index (χ3n) is 8.30. The molecule has 0 radical (unpaired) electrons. The minimum atomic E-state index is -4.53. The van der Waals surface area contributed by atoms with Crippen molar-refractivity contribution in [2.24, 2.45) is 23.7 Å². The van der Waals surface area contributed by atoms with Gasteiger partial charge in [0.2, 0.25) is 0 Å². The highest BCUT2D eigenvalue weighted by molar-refractivity contribution is 7.92. The van der Waals surface area contributed by atoms with E-state index in [1.807, 2.05) is 0 Å². The Morgan fingerprint density at radius 3 is 1.54 bits per heavy atom. The van der Waals surface area contributed by atoms with Crippen LogP contribution in [-0.4, -0.2) is 30.9 Å². The number of hydrogen-bond acceptors (Lipinski definition) is 3. The van der Waals surface area contributed by atoms with E-state index in [0.717, 1.165) is 51.4 Å². The molecule has 0 unspecified atom stereocenters. The molecule has 2 saturated heterocycles.